The molecule has 0 heterocycles. The lowest BCUT2D eigenvalue weighted by atomic mass is 10.2. The number of aryl methyl sites for hydroxylation is 1. The van der Waals surface area contributed by atoms with E-state index in [0.717, 1.165) is 17.6 Å². The zero-order valence-corrected chi connectivity index (χ0v) is 9.88. The predicted molar refractivity (Wildman–Crippen MR) is 63.5 cm³/mol. The van der Waals surface area contributed by atoms with Crippen LogP contribution in [0.1, 0.15) is 22.8 Å². The maximum absolute atomic E-state index is 10.5. The first-order valence-electron chi connectivity index (χ1n) is 4.97. The van der Waals surface area contributed by atoms with Gasteiger partial charge in [0.25, 0.3) is 0 Å². The number of aliphatic hydroxyl groups excluding tert-OH is 1. The van der Waals surface area contributed by atoms with Crippen molar-refractivity contribution in [2.45, 2.75) is 18.7 Å². The molecule has 0 aromatic heterocycles. The molecule has 0 radical (unpaired) electrons. The van der Waals surface area contributed by atoms with Crippen molar-refractivity contribution in [2.75, 3.05) is 12.4 Å². The average molecular weight is 224 g/mol. The van der Waals surface area contributed by atoms with Crippen LogP contribution in [-0.4, -0.2) is 23.8 Å². The van der Waals surface area contributed by atoms with Gasteiger partial charge >= 0.3 is 0 Å². The lowest BCUT2D eigenvalue weighted by molar-refractivity contribution is 0.112. The lowest BCUT2D eigenvalue weighted by Gasteiger charge is -2.09. The Balaban J connectivity index is 2.65. The molecule has 0 saturated heterocycles. The molecule has 1 atom stereocenters. The molecule has 0 amide bonds. The number of thioether (sulfide) groups is 1. The number of carbonyl (C=O) groups is 1. The summed E-state index contributed by atoms with van der Waals surface area (Å²) in [6.07, 6.45) is 0.859. The summed E-state index contributed by atoms with van der Waals surface area (Å²) in [5.41, 5.74) is 1.83. The van der Waals surface area contributed by atoms with E-state index in [1.54, 1.807) is 11.8 Å². The third-order valence-corrected chi connectivity index (χ3v) is 3.67. The maximum Gasteiger partial charge on any atom is 0.150 e. The van der Waals surface area contributed by atoms with Gasteiger partial charge in [-0.2, -0.15) is 0 Å². The van der Waals surface area contributed by atoms with Crippen LogP contribution in [0.25, 0.3) is 0 Å². The van der Waals surface area contributed by atoms with Gasteiger partial charge in [-0.05, 0) is 30.5 Å². The van der Waals surface area contributed by atoms with Crippen molar-refractivity contribution in [3.8, 4) is 0 Å². The highest BCUT2D eigenvalue weighted by Crippen LogP contribution is 2.24. The highest BCUT2D eigenvalue weighted by atomic mass is 32.2. The highest BCUT2D eigenvalue weighted by Gasteiger charge is 2.04. The predicted octanol–water partition coefficient (Wildman–Crippen LogP) is 2.53. The Hall–Kier alpha value is -0.800. The maximum atomic E-state index is 10.5. The molecule has 15 heavy (non-hydrogen) atoms. The molecule has 1 aromatic rings. The van der Waals surface area contributed by atoms with Gasteiger partial charge in [0, 0.05) is 22.8 Å². The molecule has 0 aliphatic heterocycles. The van der Waals surface area contributed by atoms with Crippen molar-refractivity contribution >= 4 is 18.0 Å². The highest BCUT2D eigenvalue weighted by molar-refractivity contribution is 7.99. The van der Waals surface area contributed by atoms with Gasteiger partial charge < -0.3 is 5.11 Å². The van der Waals surface area contributed by atoms with Crippen molar-refractivity contribution in [2.24, 2.45) is 5.92 Å². The Bertz CT molecular complexity index is 336. The van der Waals surface area contributed by atoms with Crippen LogP contribution in [0, 0.1) is 12.8 Å². The molecule has 3 heteroatoms. The summed E-state index contributed by atoms with van der Waals surface area (Å²) in [5, 5.41) is 8.90. The minimum atomic E-state index is 0.221. The quantitative estimate of drug-likeness (QED) is 0.617. The van der Waals surface area contributed by atoms with Gasteiger partial charge in [0.05, 0.1) is 0 Å². The van der Waals surface area contributed by atoms with Crippen molar-refractivity contribution in [1.82, 2.24) is 0 Å². The number of carbonyl (C=O) groups excluding carboxylic acids is 1. The van der Waals surface area contributed by atoms with Crippen LogP contribution < -0.4 is 0 Å². The molecule has 2 nitrogen and oxygen atoms in total. The van der Waals surface area contributed by atoms with E-state index in [2.05, 4.69) is 0 Å². The van der Waals surface area contributed by atoms with Gasteiger partial charge in [-0.25, -0.2) is 0 Å². The van der Waals surface area contributed by atoms with Crippen LogP contribution >= 0.6 is 11.8 Å². The molecule has 0 aliphatic rings. The zero-order chi connectivity index (χ0) is 11.3. The average Bonchev–Trinajstić information content (AvgIpc) is 2.26. The molecule has 0 aliphatic carbocycles. The van der Waals surface area contributed by atoms with E-state index in [1.807, 2.05) is 32.0 Å². The molecular weight excluding hydrogens is 208 g/mol. The van der Waals surface area contributed by atoms with Crippen LogP contribution in [0.4, 0.5) is 0 Å². The summed E-state index contributed by atoms with van der Waals surface area (Å²) in [6, 6.07) is 5.68. The molecule has 1 rings (SSSR count). The van der Waals surface area contributed by atoms with Crippen LogP contribution in [-0.2, 0) is 0 Å². The van der Waals surface area contributed by atoms with Gasteiger partial charge in [0.15, 0.2) is 0 Å². The summed E-state index contributed by atoms with van der Waals surface area (Å²) in [5.74, 6) is 1.21. The van der Waals surface area contributed by atoms with Crippen molar-refractivity contribution in [3.05, 3.63) is 29.3 Å². The fourth-order valence-corrected chi connectivity index (χ4v) is 2.21. The minimum Gasteiger partial charge on any atom is -0.396 e. The van der Waals surface area contributed by atoms with Crippen LogP contribution in [0.5, 0.6) is 0 Å². The Morgan fingerprint density at radius 2 is 2.27 bits per heavy atom. The molecule has 1 unspecified atom stereocenters. The van der Waals surface area contributed by atoms with E-state index >= 15 is 0 Å². The number of aldehydes is 1. The zero-order valence-electron chi connectivity index (χ0n) is 9.06. The summed E-state index contributed by atoms with van der Waals surface area (Å²) in [4.78, 5) is 11.7. The largest absolute Gasteiger partial charge is 0.396 e. The second-order valence-electron chi connectivity index (χ2n) is 3.74. The van der Waals surface area contributed by atoms with Gasteiger partial charge in [-0.1, -0.05) is 13.0 Å². The molecule has 0 bridgehead atoms. The topological polar surface area (TPSA) is 37.3 Å². The molecule has 82 valence electrons. The summed E-state index contributed by atoms with van der Waals surface area (Å²) in [7, 11) is 0. The normalized spacial score (nSPS) is 12.5. The van der Waals surface area contributed by atoms with Gasteiger partial charge in [-0.3, -0.25) is 4.79 Å². The Labute approximate surface area is 94.7 Å². The lowest BCUT2D eigenvalue weighted by Crippen LogP contribution is -2.03. The van der Waals surface area contributed by atoms with Gasteiger partial charge in [-0.15, -0.1) is 11.8 Å². The first-order chi connectivity index (χ1) is 7.17. The molecule has 0 fully saturated rings. The van der Waals surface area contributed by atoms with E-state index in [1.165, 1.54) is 4.90 Å². The van der Waals surface area contributed by atoms with E-state index < -0.39 is 0 Å². The van der Waals surface area contributed by atoms with E-state index in [-0.39, 0.29) is 6.61 Å². The Morgan fingerprint density at radius 1 is 1.53 bits per heavy atom. The van der Waals surface area contributed by atoms with Gasteiger partial charge in [0.2, 0.25) is 0 Å². The summed E-state index contributed by atoms with van der Waals surface area (Å²) >= 11 is 1.72. The smallest absolute Gasteiger partial charge is 0.150 e. The number of rotatable bonds is 5. The summed E-state index contributed by atoms with van der Waals surface area (Å²) in [6.45, 7) is 4.24. The van der Waals surface area contributed by atoms with Crippen molar-refractivity contribution in [1.29, 1.82) is 0 Å². The molecule has 0 saturated carbocycles. The second kappa shape index (κ2) is 5.93. The first-order valence-corrected chi connectivity index (χ1v) is 5.95. The van der Waals surface area contributed by atoms with Crippen LogP contribution in [0.3, 0.4) is 0 Å². The Kier molecular flexibility index (Phi) is 4.85. The van der Waals surface area contributed by atoms with E-state index in [4.69, 9.17) is 5.11 Å². The number of hydrogen-bond donors (Lipinski definition) is 1. The third-order valence-electron chi connectivity index (χ3n) is 2.17. The van der Waals surface area contributed by atoms with E-state index in [0.29, 0.717) is 11.5 Å². The Morgan fingerprint density at radius 3 is 2.80 bits per heavy atom. The minimum absolute atomic E-state index is 0.221. The fourth-order valence-electron chi connectivity index (χ4n) is 1.19. The SMILES string of the molecule is Cc1cc(C=O)ccc1SCC(C)CO. The fraction of sp³-hybridized carbons (Fsp3) is 0.417. The van der Waals surface area contributed by atoms with Crippen LogP contribution in [0.2, 0.25) is 0 Å². The van der Waals surface area contributed by atoms with E-state index in [9.17, 15) is 4.79 Å². The van der Waals surface area contributed by atoms with Crippen LogP contribution in [0.15, 0.2) is 23.1 Å². The summed E-state index contributed by atoms with van der Waals surface area (Å²) < 4.78 is 0. The molecular formula is C12H16O2S. The van der Waals surface area contributed by atoms with Crippen molar-refractivity contribution < 1.29 is 9.90 Å². The number of benzene rings is 1. The number of aliphatic hydroxyl groups is 1. The molecule has 0 spiro atoms. The molecule has 1 N–H and O–H groups in total. The molecule has 1 aromatic carbocycles. The first kappa shape index (κ1) is 12.3. The second-order valence-corrected chi connectivity index (χ2v) is 4.80. The van der Waals surface area contributed by atoms with Gasteiger partial charge in [0.1, 0.15) is 6.29 Å². The third kappa shape index (κ3) is 3.68. The van der Waals surface area contributed by atoms with Crippen molar-refractivity contribution in [3.63, 3.8) is 0 Å². The number of hydrogen-bond acceptors (Lipinski definition) is 3. The standard InChI is InChI=1S/C12H16O2S/c1-9(6-13)8-15-12-4-3-11(7-14)5-10(12)2/h3-5,7,9,13H,6,8H2,1-2H3. The monoisotopic (exact) mass is 224 g/mol.